The Hall–Kier alpha value is -3.03. The van der Waals surface area contributed by atoms with Gasteiger partial charge in [-0.3, -0.25) is 9.78 Å². The summed E-state index contributed by atoms with van der Waals surface area (Å²) in [5.74, 6) is -1.04. The van der Waals surface area contributed by atoms with Crippen LogP contribution < -0.4 is 11.2 Å². The second-order valence-corrected chi connectivity index (χ2v) is 3.51. The van der Waals surface area contributed by atoms with E-state index in [1.165, 1.54) is 24.3 Å². The van der Waals surface area contributed by atoms with Crippen LogP contribution >= 0.6 is 0 Å². The van der Waals surface area contributed by atoms with Gasteiger partial charge in [0.25, 0.3) is 5.56 Å². The zero-order chi connectivity index (χ0) is 13.8. The Morgan fingerprint density at radius 2 is 1.79 bits per heavy atom. The second kappa shape index (κ2) is 5.08. The molecule has 0 amide bonds. The normalized spacial score (nSPS) is 10.7. The van der Waals surface area contributed by atoms with Gasteiger partial charge < -0.3 is 10.1 Å². The molecule has 2 rings (SSSR count). The Bertz CT molecular complexity index is 742. The van der Waals surface area contributed by atoms with Crippen molar-refractivity contribution in [2.24, 2.45) is 10.2 Å². The first-order valence-electron chi connectivity index (χ1n) is 5.13. The monoisotopic (exact) mass is 260 g/mol. The number of carboxylic acid groups (broad SMARTS) is 1. The average Bonchev–Trinajstić information content (AvgIpc) is 2.38. The number of carbonyl (C=O) groups is 1. The summed E-state index contributed by atoms with van der Waals surface area (Å²) in [5, 5.41) is 16.1. The number of hydrogen-bond acceptors (Lipinski definition) is 5. The van der Waals surface area contributed by atoms with Crippen LogP contribution in [0.1, 0.15) is 10.4 Å². The average molecular weight is 260 g/mol. The molecular formula is C11H8N4O4. The summed E-state index contributed by atoms with van der Waals surface area (Å²) in [4.78, 5) is 37.0. The van der Waals surface area contributed by atoms with Crippen molar-refractivity contribution in [1.82, 2.24) is 9.97 Å². The molecule has 3 N–H and O–H groups in total. The lowest BCUT2D eigenvalue weighted by Crippen LogP contribution is -2.20. The molecule has 0 aliphatic carbocycles. The zero-order valence-electron chi connectivity index (χ0n) is 9.45. The smallest absolute Gasteiger partial charge is 0.335 e. The van der Waals surface area contributed by atoms with E-state index in [0.29, 0.717) is 5.69 Å². The summed E-state index contributed by atoms with van der Waals surface area (Å²) in [5.41, 5.74) is -0.831. The Morgan fingerprint density at radius 3 is 2.37 bits per heavy atom. The topological polar surface area (TPSA) is 128 Å². The zero-order valence-corrected chi connectivity index (χ0v) is 9.45. The van der Waals surface area contributed by atoms with E-state index < -0.39 is 17.2 Å². The molecule has 0 bridgehead atoms. The van der Waals surface area contributed by atoms with E-state index in [2.05, 4.69) is 15.2 Å². The lowest BCUT2D eigenvalue weighted by atomic mass is 10.2. The maximum atomic E-state index is 11.3. The summed E-state index contributed by atoms with van der Waals surface area (Å²) < 4.78 is 0. The summed E-state index contributed by atoms with van der Waals surface area (Å²) >= 11 is 0. The van der Waals surface area contributed by atoms with Crippen LogP contribution in [0.5, 0.6) is 0 Å². The molecule has 8 nitrogen and oxygen atoms in total. The van der Waals surface area contributed by atoms with E-state index in [1.807, 2.05) is 4.98 Å². The molecule has 96 valence electrons. The van der Waals surface area contributed by atoms with E-state index in [-0.39, 0.29) is 11.3 Å². The van der Waals surface area contributed by atoms with Crippen molar-refractivity contribution in [3.8, 4) is 0 Å². The van der Waals surface area contributed by atoms with Gasteiger partial charge in [0.15, 0.2) is 5.69 Å². The molecule has 0 radical (unpaired) electrons. The molecule has 0 atom stereocenters. The van der Waals surface area contributed by atoms with Crippen molar-refractivity contribution >= 4 is 17.3 Å². The molecule has 0 saturated carbocycles. The number of hydrogen-bond donors (Lipinski definition) is 3. The predicted molar refractivity (Wildman–Crippen MR) is 65.3 cm³/mol. The fourth-order valence-electron chi connectivity index (χ4n) is 1.26. The highest BCUT2D eigenvalue weighted by Crippen LogP contribution is 2.15. The third-order valence-electron chi connectivity index (χ3n) is 2.19. The Balaban J connectivity index is 2.25. The lowest BCUT2D eigenvalue weighted by molar-refractivity contribution is 0.0697. The number of nitrogens with zero attached hydrogens (tertiary/aromatic N) is 2. The van der Waals surface area contributed by atoms with Gasteiger partial charge in [-0.05, 0) is 24.3 Å². The number of H-pyrrole nitrogens is 2. The van der Waals surface area contributed by atoms with E-state index >= 15 is 0 Å². The number of aromatic nitrogens is 2. The largest absolute Gasteiger partial charge is 0.478 e. The molecule has 0 spiro atoms. The molecule has 0 saturated heterocycles. The van der Waals surface area contributed by atoms with Gasteiger partial charge in [-0.15, -0.1) is 5.11 Å². The van der Waals surface area contributed by atoms with Crippen molar-refractivity contribution in [3.63, 3.8) is 0 Å². The number of rotatable bonds is 3. The SMILES string of the molecule is O=C(O)c1ccc(N=Nc2c[nH]c(=O)[nH]c2=O)cc1. The summed E-state index contributed by atoms with van der Waals surface area (Å²) in [7, 11) is 0. The molecule has 0 aliphatic rings. The molecule has 0 unspecified atom stereocenters. The van der Waals surface area contributed by atoms with E-state index in [4.69, 9.17) is 5.11 Å². The van der Waals surface area contributed by atoms with Crippen molar-refractivity contribution < 1.29 is 9.90 Å². The van der Waals surface area contributed by atoms with Crippen molar-refractivity contribution in [1.29, 1.82) is 0 Å². The van der Waals surface area contributed by atoms with E-state index in [9.17, 15) is 14.4 Å². The highest BCUT2D eigenvalue weighted by atomic mass is 16.4. The summed E-state index contributed by atoms with van der Waals surface area (Å²) in [6.07, 6.45) is 1.14. The lowest BCUT2D eigenvalue weighted by Gasteiger charge is -1.94. The van der Waals surface area contributed by atoms with Crippen LogP contribution in [0.4, 0.5) is 11.4 Å². The maximum Gasteiger partial charge on any atom is 0.335 e. The minimum atomic E-state index is -1.04. The molecule has 2 aromatic rings. The molecule has 8 heteroatoms. The van der Waals surface area contributed by atoms with Crippen LogP contribution in [-0.2, 0) is 0 Å². The molecule has 0 aliphatic heterocycles. The van der Waals surface area contributed by atoms with Gasteiger partial charge in [0.05, 0.1) is 11.3 Å². The van der Waals surface area contributed by atoms with Gasteiger partial charge in [-0.25, -0.2) is 9.59 Å². The number of carboxylic acids is 1. The minimum absolute atomic E-state index is 0.0538. The Kier molecular flexibility index (Phi) is 3.33. The van der Waals surface area contributed by atoms with Crippen molar-refractivity contribution in [2.45, 2.75) is 0 Å². The highest BCUT2D eigenvalue weighted by molar-refractivity contribution is 5.87. The van der Waals surface area contributed by atoms with Crippen LogP contribution in [0.2, 0.25) is 0 Å². The third-order valence-corrected chi connectivity index (χ3v) is 2.19. The minimum Gasteiger partial charge on any atom is -0.478 e. The van der Waals surface area contributed by atoms with Crippen LogP contribution in [0.3, 0.4) is 0 Å². The summed E-state index contributed by atoms with van der Waals surface area (Å²) in [6.45, 7) is 0. The fraction of sp³-hybridized carbons (Fsp3) is 0. The van der Waals surface area contributed by atoms with Gasteiger partial charge in [-0.1, -0.05) is 0 Å². The van der Waals surface area contributed by atoms with E-state index in [0.717, 1.165) is 6.20 Å². The van der Waals surface area contributed by atoms with Gasteiger partial charge in [0.1, 0.15) is 0 Å². The Labute approximate surface area is 105 Å². The number of aromatic amines is 2. The first-order chi connectivity index (χ1) is 9.06. The van der Waals surface area contributed by atoms with Crippen molar-refractivity contribution in [2.75, 3.05) is 0 Å². The third kappa shape index (κ3) is 3.00. The number of benzene rings is 1. The molecule has 1 aromatic heterocycles. The second-order valence-electron chi connectivity index (χ2n) is 3.51. The van der Waals surface area contributed by atoms with Gasteiger partial charge in [0, 0.05) is 6.20 Å². The molecule has 19 heavy (non-hydrogen) atoms. The van der Waals surface area contributed by atoms with Crippen LogP contribution in [0.15, 0.2) is 50.3 Å². The van der Waals surface area contributed by atoms with Gasteiger partial charge in [0.2, 0.25) is 0 Å². The molecule has 1 aromatic carbocycles. The van der Waals surface area contributed by atoms with Crippen LogP contribution in [0, 0.1) is 0 Å². The van der Waals surface area contributed by atoms with Crippen LogP contribution in [0.25, 0.3) is 0 Å². The van der Waals surface area contributed by atoms with Crippen molar-refractivity contribution in [3.05, 3.63) is 56.9 Å². The highest BCUT2D eigenvalue weighted by Gasteiger charge is 2.01. The number of aromatic carboxylic acids is 1. The molecular weight excluding hydrogens is 252 g/mol. The maximum absolute atomic E-state index is 11.3. The Morgan fingerprint density at radius 1 is 1.11 bits per heavy atom. The first-order valence-corrected chi connectivity index (χ1v) is 5.13. The van der Waals surface area contributed by atoms with Crippen LogP contribution in [-0.4, -0.2) is 21.0 Å². The van der Waals surface area contributed by atoms with Gasteiger partial charge in [-0.2, -0.15) is 5.11 Å². The summed E-state index contributed by atoms with van der Waals surface area (Å²) in [6, 6.07) is 5.64. The van der Waals surface area contributed by atoms with E-state index in [1.54, 1.807) is 0 Å². The fourth-order valence-corrected chi connectivity index (χ4v) is 1.26. The standard InChI is InChI=1S/C11H8N4O4/c16-9-8(5-12-11(19)13-9)15-14-7-3-1-6(2-4-7)10(17)18/h1-5H,(H,17,18)(H2,12,13,16,19). The molecule has 0 fully saturated rings. The number of azo groups is 1. The quantitative estimate of drug-likeness (QED) is 0.715. The van der Waals surface area contributed by atoms with Gasteiger partial charge >= 0.3 is 11.7 Å². The predicted octanol–water partition coefficient (Wildman–Crippen LogP) is 1.18. The molecule has 1 heterocycles. The number of nitrogens with one attached hydrogen (secondary N) is 2. The first kappa shape index (κ1) is 12.4.